The van der Waals surface area contributed by atoms with E-state index in [1.807, 2.05) is 11.4 Å². The first kappa shape index (κ1) is 11.2. The van der Waals surface area contributed by atoms with Gasteiger partial charge in [-0.15, -0.1) is 11.3 Å². The van der Waals surface area contributed by atoms with Gasteiger partial charge < -0.3 is 4.74 Å². The molecule has 0 aliphatic carbocycles. The highest BCUT2D eigenvalue weighted by atomic mass is 32.1. The Morgan fingerprint density at radius 3 is 2.94 bits per heavy atom. The molecule has 0 saturated carbocycles. The lowest BCUT2D eigenvalue weighted by molar-refractivity contribution is 0.182. The molecule has 16 heavy (non-hydrogen) atoms. The first-order chi connectivity index (χ1) is 7.79. The van der Waals surface area contributed by atoms with Crippen LogP contribution in [0.15, 0.2) is 29.6 Å². The molecule has 0 saturated heterocycles. The summed E-state index contributed by atoms with van der Waals surface area (Å²) in [6.07, 6.45) is 0.543. The Morgan fingerprint density at radius 1 is 1.38 bits per heavy atom. The lowest BCUT2D eigenvalue weighted by atomic mass is 10.1. The van der Waals surface area contributed by atoms with Crippen LogP contribution in [0, 0.1) is 5.82 Å². The highest BCUT2D eigenvalue weighted by Crippen LogP contribution is 2.17. The molecule has 1 aromatic heterocycles. The fraction of sp³-hybridized carbons (Fsp3) is 0.250. The van der Waals surface area contributed by atoms with Gasteiger partial charge in [-0.05, 0) is 11.6 Å². The first-order valence-corrected chi connectivity index (χ1v) is 5.83. The number of rotatable bonds is 4. The van der Waals surface area contributed by atoms with Crippen molar-refractivity contribution in [3.63, 3.8) is 0 Å². The molecule has 1 heterocycles. The van der Waals surface area contributed by atoms with E-state index in [9.17, 15) is 4.39 Å². The average molecular weight is 237 g/mol. The van der Waals surface area contributed by atoms with Crippen LogP contribution in [0.1, 0.15) is 16.3 Å². The fourth-order valence-corrected chi connectivity index (χ4v) is 2.25. The second kappa shape index (κ2) is 5.18. The standard InChI is InChI=1S/C12H12FNOS/c1-15-7-10-8-16-12(14-10)6-9-4-2-3-5-11(9)13/h2-5,8H,6-7H2,1H3. The van der Waals surface area contributed by atoms with Crippen LogP contribution in [-0.2, 0) is 17.8 Å². The van der Waals surface area contributed by atoms with Crippen molar-refractivity contribution in [3.05, 3.63) is 51.7 Å². The Balaban J connectivity index is 2.11. The van der Waals surface area contributed by atoms with Crippen LogP contribution in [0.4, 0.5) is 4.39 Å². The van der Waals surface area contributed by atoms with Gasteiger partial charge in [0.2, 0.25) is 0 Å². The van der Waals surface area contributed by atoms with E-state index in [2.05, 4.69) is 4.98 Å². The smallest absolute Gasteiger partial charge is 0.126 e. The van der Waals surface area contributed by atoms with E-state index in [0.29, 0.717) is 18.6 Å². The Labute approximate surface area is 97.7 Å². The molecule has 2 rings (SSSR count). The van der Waals surface area contributed by atoms with Gasteiger partial charge >= 0.3 is 0 Å². The second-order valence-electron chi connectivity index (χ2n) is 3.43. The molecule has 0 amide bonds. The summed E-state index contributed by atoms with van der Waals surface area (Å²) in [5.74, 6) is -0.175. The number of ether oxygens (including phenoxy) is 1. The summed E-state index contributed by atoms with van der Waals surface area (Å²) >= 11 is 1.54. The predicted molar refractivity (Wildman–Crippen MR) is 62.0 cm³/mol. The minimum Gasteiger partial charge on any atom is -0.378 e. The molecule has 0 N–H and O–H groups in total. The Hall–Kier alpha value is -1.26. The number of methoxy groups -OCH3 is 1. The SMILES string of the molecule is COCc1csc(Cc2ccccc2F)n1. The van der Waals surface area contributed by atoms with Crippen LogP contribution >= 0.6 is 11.3 Å². The molecular formula is C12H12FNOS. The fourth-order valence-electron chi connectivity index (χ4n) is 1.45. The summed E-state index contributed by atoms with van der Waals surface area (Å²) in [6.45, 7) is 0.508. The Kier molecular flexibility index (Phi) is 3.64. The molecule has 0 bridgehead atoms. The van der Waals surface area contributed by atoms with Crippen molar-refractivity contribution in [1.82, 2.24) is 4.98 Å². The molecule has 0 aliphatic rings. The molecule has 2 nitrogen and oxygen atoms in total. The second-order valence-corrected chi connectivity index (χ2v) is 4.38. The lowest BCUT2D eigenvalue weighted by Gasteiger charge is -1.99. The monoisotopic (exact) mass is 237 g/mol. The third-order valence-electron chi connectivity index (χ3n) is 2.19. The quantitative estimate of drug-likeness (QED) is 0.815. The number of halogens is 1. The first-order valence-electron chi connectivity index (χ1n) is 4.95. The number of hydrogen-bond donors (Lipinski definition) is 0. The zero-order chi connectivity index (χ0) is 11.4. The van der Waals surface area contributed by atoms with Crippen molar-refractivity contribution in [1.29, 1.82) is 0 Å². The molecule has 0 fully saturated rings. The van der Waals surface area contributed by atoms with E-state index in [0.717, 1.165) is 10.7 Å². The number of hydrogen-bond acceptors (Lipinski definition) is 3. The van der Waals surface area contributed by atoms with Gasteiger partial charge in [-0.1, -0.05) is 18.2 Å². The number of aromatic nitrogens is 1. The minimum absolute atomic E-state index is 0.175. The predicted octanol–water partition coefficient (Wildman–Crippen LogP) is 3.02. The topological polar surface area (TPSA) is 22.1 Å². The van der Waals surface area contributed by atoms with E-state index < -0.39 is 0 Å². The van der Waals surface area contributed by atoms with E-state index in [1.165, 1.54) is 17.4 Å². The van der Waals surface area contributed by atoms with Crippen LogP contribution in [0.25, 0.3) is 0 Å². The molecule has 2 aromatic rings. The van der Waals surface area contributed by atoms with Crippen molar-refractivity contribution < 1.29 is 9.13 Å². The summed E-state index contributed by atoms with van der Waals surface area (Å²) in [6, 6.07) is 6.78. The summed E-state index contributed by atoms with van der Waals surface area (Å²) in [4.78, 5) is 4.36. The van der Waals surface area contributed by atoms with Crippen LogP contribution < -0.4 is 0 Å². The van der Waals surface area contributed by atoms with Crippen molar-refractivity contribution in [2.24, 2.45) is 0 Å². The molecule has 0 unspecified atom stereocenters. The molecule has 4 heteroatoms. The van der Waals surface area contributed by atoms with Crippen molar-refractivity contribution in [2.75, 3.05) is 7.11 Å². The van der Waals surface area contributed by atoms with Crippen molar-refractivity contribution in [3.8, 4) is 0 Å². The van der Waals surface area contributed by atoms with E-state index >= 15 is 0 Å². The maximum Gasteiger partial charge on any atom is 0.126 e. The van der Waals surface area contributed by atoms with E-state index in [-0.39, 0.29) is 5.82 Å². The third-order valence-corrected chi connectivity index (χ3v) is 3.09. The Morgan fingerprint density at radius 2 is 2.19 bits per heavy atom. The van der Waals surface area contributed by atoms with Gasteiger partial charge in [-0.2, -0.15) is 0 Å². The lowest BCUT2D eigenvalue weighted by Crippen LogP contribution is -1.93. The highest BCUT2D eigenvalue weighted by molar-refractivity contribution is 7.09. The minimum atomic E-state index is -0.175. The van der Waals surface area contributed by atoms with Gasteiger partial charge in [0.1, 0.15) is 5.82 Å². The van der Waals surface area contributed by atoms with E-state index in [4.69, 9.17) is 4.74 Å². The molecule has 0 radical (unpaired) electrons. The maximum absolute atomic E-state index is 13.4. The number of nitrogens with zero attached hydrogens (tertiary/aromatic N) is 1. The summed E-state index contributed by atoms with van der Waals surface area (Å²) < 4.78 is 18.4. The molecule has 0 atom stereocenters. The zero-order valence-electron chi connectivity index (χ0n) is 8.94. The largest absolute Gasteiger partial charge is 0.378 e. The summed E-state index contributed by atoms with van der Waals surface area (Å²) in [5, 5.41) is 2.86. The van der Waals surface area contributed by atoms with Gasteiger partial charge in [0, 0.05) is 18.9 Å². The third kappa shape index (κ3) is 2.65. The Bertz CT molecular complexity index is 470. The molecule has 84 valence electrons. The van der Waals surface area contributed by atoms with E-state index in [1.54, 1.807) is 19.2 Å². The molecule has 1 aromatic carbocycles. The number of benzene rings is 1. The van der Waals surface area contributed by atoms with Crippen LogP contribution in [0.2, 0.25) is 0 Å². The highest BCUT2D eigenvalue weighted by Gasteiger charge is 2.06. The molecular weight excluding hydrogens is 225 g/mol. The van der Waals surface area contributed by atoms with Gasteiger partial charge in [-0.25, -0.2) is 9.37 Å². The van der Waals surface area contributed by atoms with Gasteiger partial charge in [-0.3, -0.25) is 0 Å². The van der Waals surface area contributed by atoms with Crippen molar-refractivity contribution >= 4 is 11.3 Å². The molecule has 0 aliphatic heterocycles. The normalized spacial score (nSPS) is 10.6. The number of thiazole rings is 1. The summed E-state index contributed by atoms with van der Waals surface area (Å²) in [5.41, 5.74) is 1.58. The average Bonchev–Trinajstić information content (AvgIpc) is 2.70. The van der Waals surface area contributed by atoms with Crippen molar-refractivity contribution in [2.45, 2.75) is 13.0 Å². The molecule has 0 spiro atoms. The van der Waals surface area contributed by atoms with Crippen LogP contribution in [0.5, 0.6) is 0 Å². The van der Waals surface area contributed by atoms with Crippen LogP contribution in [-0.4, -0.2) is 12.1 Å². The van der Waals surface area contributed by atoms with Gasteiger partial charge in [0.25, 0.3) is 0 Å². The van der Waals surface area contributed by atoms with Crippen LogP contribution in [0.3, 0.4) is 0 Å². The van der Waals surface area contributed by atoms with Gasteiger partial charge in [0.05, 0.1) is 17.3 Å². The maximum atomic E-state index is 13.4. The van der Waals surface area contributed by atoms with Gasteiger partial charge in [0.15, 0.2) is 0 Å². The zero-order valence-corrected chi connectivity index (χ0v) is 9.76. The summed E-state index contributed by atoms with van der Waals surface area (Å²) in [7, 11) is 1.63.